The van der Waals surface area contributed by atoms with Crippen molar-refractivity contribution >= 4 is 53.4 Å². The Kier molecular flexibility index (Phi) is 15.1. The molecule has 0 aliphatic heterocycles. The van der Waals surface area contributed by atoms with Gasteiger partial charge in [-0.2, -0.15) is 0 Å². The van der Waals surface area contributed by atoms with E-state index in [2.05, 4.69) is 9.05 Å². The van der Waals surface area contributed by atoms with E-state index in [1.807, 2.05) is 42.3 Å². The molecule has 0 radical (unpaired) electrons. The average Bonchev–Trinajstić information content (AvgIpc) is 2.08. The number of hydrogen-bond donors (Lipinski definition) is 0. The minimum atomic E-state index is -4.76. The van der Waals surface area contributed by atoms with Crippen LogP contribution in [0.5, 0.6) is 0 Å². The molecule has 13 heteroatoms. The van der Waals surface area contributed by atoms with Crippen LogP contribution < -0.4 is 19.6 Å². The van der Waals surface area contributed by atoms with Gasteiger partial charge in [-0.1, -0.05) is 0 Å². The fourth-order valence-electron chi connectivity index (χ4n) is 0.853. The third-order valence-corrected chi connectivity index (χ3v) is 3.02. The quantitative estimate of drug-likeness (QED) is 0.232. The number of rotatable bonds is 8. The van der Waals surface area contributed by atoms with Crippen molar-refractivity contribution in [2.45, 2.75) is 0 Å². The zero-order valence-corrected chi connectivity index (χ0v) is 18.6. The van der Waals surface area contributed by atoms with Crippen LogP contribution in [0.15, 0.2) is 0 Å². The summed E-state index contributed by atoms with van der Waals surface area (Å²) in [6.45, 7) is 0.893. The van der Waals surface area contributed by atoms with Crippen molar-refractivity contribution in [2.24, 2.45) is 0 Å². The van der Waals surface area contributed by atoms with E-state index in [9.17, 15) is 28.7 Å². The number of phosphoric acid groups is 2. The number of nitrogens with zero attached hydrogens (tertiary/aromatic N) is 2. The van der Waals surface area contributed by atoms with E-state index in [-0.39, 0.29) is 51.0 Å². The van der Waals surface area contributed by atoms with Crippen molar-refractivity contribution in [1.29, 1.82) is 0 Å². The molecule has 0 unspecified atom stereocenters. The molecular formula is C10H26CaN2O8P2. The maximum absolute atomic E-state index is 9.96. The van der Waals surface area contributed by atoms with Gasteiger partial charge < -0.3 is 46.7 Å². The van der Waals surface area contributed by atoms with Gasteiger partial charge in [0.15, 0.2) is 0 Å². The molecule has 23 heavy (non-hydrogen) atoms. The van der Waals surface area contributed by atoms with E-state index in [0.29, 0.717) is 22.1 Å². The van der Waals surface area contributed by atoms with Crippen molar-refractivity contribution in [3.63, 3.8) is 0 Å². The molecule has 0 aromatic rings. The van der Waals surface area contributed by atoms with Crippen LogP contribution in [0.1, 0.15) is 0 Å². The predicted molar refractivity (Wildman–Crippen MR) is 78.7 cm³/mol. The topological polar surface area (TPSA) is 145 Å². The van der Waals surface area contributed by atoms with E-state index in [0.717, 1.165) is 0 Å². The SMILES string of the molecule is C[N+](C)(C)CCOP(=O)([O-])[O-].C[N+](C)(C)CCOP(=O)([O-])[O-].[Ca+2]. The maximum Gasteiger partial charge on any atom is 2.00 e. The van der Waals surface area contributed by atoms with Gasteiger partial charge in [0, 0.05) is 0 Å². The van der Waals surface area contributed by atoms with Gasteiger partial charge in [0.25, 0.3) is 0 Å². The van der Waals surface area contributed by atoms with E-state index in [1.54, 1.807) is 0 Å². The van der Waals surface area contributed by atoms with Gasteiger partial charge in [-0.15, -0.1) is 0 Å². The molecule has 0 aromatic carbocycles. The Morgan fingerprint density at radius 3 is 1.04 bits per heavy atom. The van der Waals surface area contributed by atoms with Gasteiger partial charge in [-0.3, -0.25) is 0 Å². The maximum atomic E-state index is 9.96. The van der Waals surface area contributed by atoms with Crippen LogP contribution in [0.4, 0.5) is 0 Å². The summed E-state index contributed by atoms with van der Waals surface area (Å²) in [7, 11) is 1.75. The van der Waals surface area contributed by atoms with Crippen LogP contribution in [0.25, 0.3) is 0 Å². The van der Waals surface area contributed by atoms with Gasteiger partial charge in [-0.25, -0.2) is 0 Å². The summed E-state index contributed by atoms with van der Waals surface area (Å²) in [5.74, 6) is 0. The Bertz CT molecular complexity index is 361. The monoisotopic (exact) mass is 404 g/mol. The van der Waals surface area contributed by atoms with Crippen LogP contribution in [0, 0.1) is 0 Å². The summed E-state index contributed by atoms with van der Waals surface area (Å²) >= 11 is 0. The van der Waals surface area contributed by atoms with Gasteiger partial charge in [0.2, 0.25) is 0 Å². The average molecular weight is 404 g/mol. The fourth-order valence-corrected chi connectivity index (χ4v) is 1.46. The van der Waals surface area contributed by atoms with E-state index < -0.39 is 15.6 Å². The summed E-state index contributed by atoms with van der Waals surface area (Å²) in [6.07, 6.45) is 0. The van der Waals surface area contributed by atoms with Gasteiger partial charge >= 0.3 is 37.7 Å². The van der Waals surface area contributed by atoms with Crippen molar-refractivity contribution in [3.05, 3.63) is 0 Å². The number of hydrogen-bond acceptors (Lipinski definition) is 8. The Morgan fingerprint density at radius 2 is 0.913 bits per heavy atom. The molecule has 0 fully saturated rings. The van der Waals surface area contributed by atoms with Crippen molar-refractivity contribution in [2.75, 3.05) is 68.6 Å². The van der Waals surface area contributed by atoms with Crippen molar-refractivity contribution in [3.8, 4) is 0 Å². The fraction of sp³-hybridized carbons (Fsp3) is 1.00. The third kappa shape index (κ3) is 35.4. The molecule has 0 spiro atoms. The summed E-state index contributed by atoms with van der Waals surface area (Å²) in [5, 5.41) is 0. The minimum absolute atomic E-state index is 0. The Morgan fingerprint density at radius 1 is 0.696 bits per heavy atom. The second-order valence-electron chi connectivity index (χ2n) is 6.59. The molecule has 0 atom stereocenters. The molecule has 0 saturated carbocycles. The third-order valence-electron chi connectivity index (χ3n) is 2.02. The molecule has 0 aliphatic carbocycles. The summed E-state index contributed by atoms with van der Waals surface area (Å²) in [5.41, 5.74) is 0. The van der Waals surface area contributed by atoms with Crippen LogP contribution >= 0.6 is 15.6 Å². The number of phosphoric ester groups is 2. The smallest absolute Gasteiger partial charge is 0.790 e. The van der Waals surface area contributed by atoms with E-state index >= 15 is 0 Å². The minimum Gasteiger partial charge on any atom is -0.790 e. The van der Waals surface area contributed by atoms with Crippen molar-refractivity contribution in [1.82, 2.24) is 0 Å². The van der Waals surface area contributed by atoms with E-state index in [4.69, 9.17) is 0 Å². The second kappa shape index (κ2) is 11.9. The molecule has 136 valence electrons. The van der Waals surface area contributed by atoms with Crippen LogP contribution in [0.2, 0.25) is 0 Å². The first-order chi connectivity index (χ1) is 9.41. The Hall–Kier alpha value is 1.40. The van der Waals surface area contributed by atoms with Gasteiger partial charge in [0.1, 0.15) is 26.3 Å². The molecule has 0 bridgehead atoms. The Labute approximate surface area is 168 Å². The molecular weight excluding hydrogens is 378 g/mol. The molecule has 10 nitrogen and oxygen atoms in total. The summed E-state index contributed by atoms with van der Waals surface area (Å²) in [6, 6.07) is 0. The standard InChI is InChI=1S/2C5H14NO4P.Ca/c2*1-6(2,3)4-5-10-11(7,8)9;/h2*4-5H2,1-3H3,(H-,7,8,9);/q;;+2/p-2. The first kappa shape index (κ1) is 29.2. The molecule has 0 heterocycles. The molecule has 0 N–H and O–H groups in total. The molecule has 0 aromatic heterocycles. The second-order valence-corrected chi connectivity index (χ2v) is 8.89. The molecule has 0 saturated heterocycles. The first-order valence-corrected chi connectivity index (χ1v) is 9.27. The zero-order valence-electron chi connectivity index (χ0n) is 14.6. The first-order valence-electron chi connectivity index (χ1n) is 6.35. The summed E-state index contributed by atoms with van der Waals surface area (Å²) < 4.78 is 29.1. The Balaban J connectivity index is -0.000000333. The van der Waals surface area contributed by atoms with Crippen LogP contribution in [-0.2, 0) is 18.2 Å². The molecule has 0 rings (SSSR count). The number of quaternary nitrogens is 2. The largest absolute Gasteiger partial charge is 2.00 e. The van der Waals surface area contributed by atoms with Crippen LogP contribution in [-0.4, -0.2) is 115 Å². The summed E-state index contributed by atoms with van der Waals surface area (Å²) in [4.78, 5) is 39.8. The molecule has 0 aliphatic rings. The normalized spacial score (nSPS) is 13.0. The van der Waals surface area contributed by atoms with E-state index in [1.165, 1.54) is 0 Å². The van der Waals surface area contributed by atoms with Gasteiger partial charge in [-0.05, 0) is 0 Å². The number of likely N-dealkylation sites (N-methyl/N-ethyl adjacent to an activating group) is 2. The zero-order chi connectivity index (χ0) is 18.2. The molecule has 0 amide bonds. The van der Waals surface area contributed by atoms with Gasteiger partial charge in [0.05, 0.1) is 57.9 Å². The van der Waals surface area contributed by atoms with Crippen molar-refractivity contribution < 1.29 is 46.7 Å². The van der Waals surface area contributed by atoms with Crippen LogP contribution in [0.3, 0.4) is 0 Å². The predicted octanol–water partition coefficient (Wildman–Crippen LogP) is -3.30.